The largest absolute Gasteiger partial charge is 0.355 e. The van der Waals surface area contributed by atoms with Crippen LogP contribution in [0.2, 0.25) is 0 Å². The molecule has 2 aliphatic rings. The van der Waals surface area contributed by atoms with Gasteiger partial charge in [0.2, 0.25) is 0 Å². The Balaban J connectivity index is 1.45. The van der Waals surface area contributed by atoms with E-state index in [1.165, 1.54) is 11.1 Å². The van der Waals surface area contributed by atoms with Gasteiger partial charge >= 0.3 is 0 Å². The Hall–Kier alpha value is -2.33. The lowest BCUT2D eigenvalue weighted by Gasteiger charge is -2.08. The zero-order valence-electron chi connectivity index (χ0n) is 13.2. The summed E-state index contributed by atoms with van der Waals surface area (Å²) in [4.78, 5) is 6.93. The van der Waals surface area contributed by atoms with Crippen molar-refractivity contribution in [3.8, 4) is 0 Å². The third-order valence-corrected chi connectivity index (χ3v) is 4.54. The van der Waals surface area contributed by atoms with Crippen LogP contribution in [0.15, 0.2) is 65.7 Å². The molecule has 2 aromatic carbocycles. The van der Waals surface area contributed by atoms with Gasteiger partial charge in [0.15, 0.2) is 5.96 Å². The zero-order chi connectivity index (χ0) is 15.5. The first kappa shape index (κ1) is 14.3. The summed E-state index contributed by atoms with van der Waals surface area (Å²) in [7, 11) is 0. The first-order chi connectivity index (χ1) is 11.4. The highest BCUT2D eigenvalue weighted by atomic mass is 15.4. The van der Waals surface area contributed by atoms with Crippen LogP contribution in [0.25, 0.3) is 0 Å². The molecule has 0 amide bonds. The van der Waals surface area contributed by atoms with E-state index in [0.717, 1.165) is 32.1 Å². The quantitative estimate of drug-likeness (QED) is 0.833. The van der Waals surface area contributed by atoms with Gasteiger partial charge in [0.25, 0.3) is 0 Å². The highest BCUT2D eigenvalue weighted by Crippen LogP contribution is 2.53. The SMILES string of the molecule is c1ccc(C2C(c3ccccc3)N2CCNC2=NCCN2)cc1. The molecule has 23 heavy (non-hydrogen) atoms. The zero-order valence-corrected chi connectivity index (χ0v) is 13.2. The van der Waals surface area contributed by atoms with Crippen molar-refractivity contribution in [3.63, 3.8) is 0 Å². The molecule has 2 unspecified atom stereocenters. The third kappa shape index (κ3) is 3.08. The third-order valence-electron chi connectivity index (χ3n) is 4.54. The first-order valence-electron chi connectivity index (χ1n) is 8.31. The molecule has 0 saturated carbocycles. The smallest absolute Gasteiger partial charge is 0.191 e. The van der Waals surface area contributed by atoms with Gasteiger partial charge < -0.3 is 10.6 Å². The molecule has 2 heterocycles. The van der Waals surface area contributed by atoms with Crippen LogP contribution in [0.1, 0.15) is 23.2 Å². The number of benzene rings is 2. The van der Waals surface area contributed by atoms with E-state index < -0.39 is 0 Å². The van der Waals surface area contributed by atoms with E-state index in [0.29, 0.717) is 12.1 Å². The van der Waals surface area contributed by atoms with E-state index in [1.807, 2.05) is 0 Å². The second-order valence-corrected chi connectivity index (χ2v) is 6.03. The number of nitrogens with one attached hydrogen (secondary N) is 2. The molecule has 118 valence electrons. The van der Waals surface area contributed by atoms with Crippen LogP contribution in [-0.4, -0.2) is 37.0 Å². The Morgan fingerprint density at radius 3 is 2.09 bits per heavy atom. The van der Waals surface area contributed by atoms with E-state index in [1.54, 1.807) is 0 Å². The van der Waals surface area contributed by atoms with Crippen LogP contribution in [0.4, 0.5) is 0 Å². The predicted molar refractivity (Wildman–Crippen MR) is 93.4 cm³/mol. The average molecular weight is 306 g/mol. The Kier molecular flexibility index (Phi) is 3.99. The fourth-order valence-corrected chi connectivity index (χ4v) is 3.42. The molecule has 2 atom stereocenters. The van der Waals surface area contributed by atoms with Gasteiger partial charge in [0.1, 0.15) is 0 Å². The van der Waals surface area contributed by atoms with E-state index in [9.17, 15) is 0 Å². The van der Waals surface area contributed by atoms with Gasteiger partial charge in [-0.05, 0) is 11.1 Å². The molecule has 2 aromatic rings. The van der Waals surface area contributed by atoms with Crippen molar-refractivity contribution in [2.45, 2.75) is 12.1 Å². The number of rotatable bonds is 5. The average Bonchev–Trinajstić information content (AvgIpc) is 3.08. The van der Waals surface area contributed by atoms with Crippen LogP contribution >= 0.6 is 0 Å². The summed E-state index contributed by atoms with van der Waals surface area (Å²) in [5, 5.41) is 6.65. The molecule has 2 N–H and O–H groups in total. The highest BCUT2D eigenvalue weighted by Gasteiger charge is 2.48. The second kappa shape index (κ2) is 6.42. The lowest BCUT2D eigenvalue weighted by Crippen LogP contribution is -2.36. The molecule has 0 bridgehead atoms. The molecule has 4 nitrogen and oxygen atoms in total. The van der Waals surface area contributed by atoms with Crippen molar-refractivity contribution in [2.24, 2.45) is 4.99 Å². The molecule has 4 heteroatoms. The number of aliphatic imine (C=N–C) groups is 1. The van der Waals surface area contributed by atoms with Crippen molar-refractivity contribution in [3.05, 3.63) is 71.8 Å². The lowest BCUT2D eigenvalue weighted by molar-refractivity contribution is 0.484. The number of nitrogens with zero attached hydrogens (tertiary/aromatic N) is 2. The lowest BCUT2D eigenvalue weighted by atomic mass is 10.0. The maximum absolute atomic E-state index is 4.38. The topological polar surface area (TPSA) is 39.4 Å². The van der Waals surface area contributed by atoms with Gasteiger partial charge in [-0.15, -0.1) is 0 Å². The first-order valence-corrected chi connectivity index (χ1v) is 8.31. The Morgan fingerprint density at radius 1 is 0.957 bits per heavy atom. The maximum Gasteiger partial charge on any atom is 0.191 e. The number of guanidine groups is 1. The van der Waals surface area contributed by atoms with Gasteiger partial charge in [-0.2, -0.15) is 0 Å². The van der Waals surface area contributed by atoms with Crippen LogP contribution in [0.3, 0.4) is 0 Å². The fraction of sp³-hybridized carbons (Fsp3) is 0.316. The van der Waals surface area contributed by atoms with Crippen LogP contribution < -0.4 is 10.6 Å². The monoisotopic (exact) mass is 306 g/mol. The van der Waals surface area contributed by atoms with Crippen molar-refractivity contribution in [2.75, 3.05) is 26.2 Å². The van der Waals surface area contributed by atoms with Crippen LogP contribution in [0, 0.1) is 0 Å². The van der Waals surface area contributed by atoms with Gasteiger partial charge in [0, 0.05) is 19.6 Å². The van der Waals surface area contributed by atoms with Crippen molar-refractivity contribution < 1.29 is 0 Å². The minimum atomic E-state index is 0.485. The fourth-order valence-electron chi connectivity index (χ4n) is 3.42. The molecule has 4 rings (SSSR count). The number of hydrogen-bond donors (Lipinski definition) is 2. The minimum Gasteiger partial charge on any atom is -0.355 e. The highest BCUT2D eigenvalue weighted by molar-refractivity contribution is 5.81. The van der Waals surface area contributed by atoms with Crippen molar-refractivity contribution in [1.82, 2.24) is 15.5 Å². The summed E-state index contributed by atoms with van der Waals surface area (Å²) < 4.78 is 0. The molecule has 2 aliphatic heterocycles. The van der Waals surface area contributed by atoms with Gasteiger partial charge in [-0.3, -0.25) is 9.89 Å². The van der Waals surface area contributed by atoms with Gasteiger partial charge in [-0.1, -0.05) is 60.7 Å². The summed E-state index contributed by atoms with van der Waals surface area (Å²) in [6, 6.07) is 22.6. The summed E-state index contributed by atoms with van der Waals surface area (Å²) >= 11 is 0. The summed E-state index contributed by atoms with van der Waals surface area (Å²) in [5.74, 6) is 0.944. The second-order valence-electron chi connectivity index (χ2n) is 6.03. The standard InChI is InChI=1S/C19H22N4/c1-3-7-15(8-4-1)17-18(16-9-5-2-6-10-16)23(17)14-13-22-19-20-11-12-21-19/h1-10,17-18H,11-14H2,(H2,20,21,22). The normalized spacial score (nSPS) is 25.6. The molecular weight excluding hydrogens is 284 g/mol. The molecule has 1 fully saturated rings. The Bertz CT molecular complexity index is 623. The summed E-state index contributed by atoms with van der Waals surface area (Å²) in [6.45, 7) is 3.76. The predicted octanol–water partition coefficient (Wildman–Crippen LogP) is 2.33. The van der Waals surface area contributed by atoms with Crippen LogP contribution in [0.5, 0.6) is 0 Å². The number of hydrogen-bond acceptors (Lipinski definition) is 4. The molecule has 1 saturated heterocycles. The van der Waals surface area contributed by atoms with Gasteiger partial charge in [-0.25, -0.2) is 0 Å². The summed E-state index contributed by atoms with van der Waals surface area (Å²) in [6.07, 6.45) is 0. The van der Waals surface area contributed by atoms with E-state index in [4.69, 9.17) is 0 Å². The van der Waals surface area contributed by atoms with Crippen LogP contribution in [-0.2, 0) is 0 Å². The minimum absolute atomic E-state index is 0.485. The van der Waals surface area contributed by atoms with E-state index in [2.05, 4.69) is 81.2 Å². The van der Waals surface area contributed by atoms with Crippen molar-refractivity contribution >= 4 is 5.96 Å². The maximum atomic E-state index is 4.38. The Morgan fingerprint density at radius 2 is 1.57 bits per heavy atom. The molecule has 0 aromatic heterocycles. The van der Waals surface area contributed by atoms with E-state index in [-0.39, 0.29) is 0 Å². The molecule has 0 spiro atoms. The Labute approximate surface area is 137 Å². The molecular formula is C19H22N4. The summed E-state index contributed by atoms with van der Waals surface area (Å²) in [5.41, 5.74) is 2.80. The molecule has 0 aliphatic carbocycles. The van der Waals surface area contributed by atoms with Gasteiger partial charge in [0.05, 0.1) is 18.6 Å². The molecule has 0 radical (unpaired) electrons. The van der Waals surface area contributed by atoms with Crippen molar-refractivity contribution in [1.29, 1.82) is 0 Å². The van der Waals surface area contributed by atoms with E-state index >= 15 is 0 Å².